The van der Waals surface area contributed by atoms with Crippen LogP contribution >= 0.6 is 11.8 Å². The largest absolute Gasteiger partial charge is 0.383 e. The Bertz CT molecular complexity index is 359. The molecular weight excluding hydrogens is 186 g/mol. The number of nitrogens with two attached hydrogens (primary N) is 1. The molecule has 0 fully saturated rings. The number of nitrogen functional groups attached to an aromatic ring is 1. The van der Waals surface area contributed by atoms with Crippen molar-refractivity contribution in [3.63, 3.8) is 0 Å². The van der Waals surface area contributed by atoms with Gasteiger partial charge in [0.05, 0.1) is 0 Å². The van der Waals surface area contributed by atoms with Crippen molar-refractivity contribution >= 4 is 17.6 Å². The fourth-order valence-corrected chi connectivity index (χ4v) is 1.53. The molecule has 0 saturated carbocycles. The molecule has 3 N–H and O–H groups in total. The predicted molar refractivity (Wildman–Crippen MR) is 54.8 cm³/mol. The number of hydrogen-bond acceptors (Lipinski definition) is 4. The molecular formula is C8H11N3OS. The lowest BCUT2D eigenvalue weighted by atomic mass is 10.6. The zero-order chi connectivity index (χ0) is 9.68. The number of thioether (sulfide) groups is 1. The SMILES string of the molecule is C/C=C/CSc1nc(N)cc(=O)[nH]1. The average Bonchev–Trinajstić information content (AvgIpc) is 2.03. The van der Waals surface area contributed by atoms with Crippen LogP contribution in [0.25, 0.3) is 0 Å². The van der Waals surface area contributed by atoms with Gasteiger partial charge in [-0.2, -0.15) is 0 Å². The molecule has 5 heteroatoms. The Kier molecular flexibility index (Phi) is 3.57. The lowest BCUT2D eigenvalue weighted by Gasteiger charge is -1.97. The molecule has 0 aliphatic heterocycles. The summed E-state index contributed by atoms with van der Waals surface area (Å²) in [5.74, 6) is 1.04. The van der Waals surface area contributed by atoms with E-state index >= 15 is 0 Å². The van der Waals surface area contributed by atoms with Crippen LogP contribution in [0, 0.1) is 0 Å². The highest BCUT2D eigenvalue weighted by Gasteiger charge is 1.96. The van der Waals surface area contributed by atoms with Crippen LogP contribution in [0.5, 0.6) is 0 Å². The fraction of sp³-hybridized carbons (Fsp3) is 0.250. The average molecular weight is 197 g/mol. The van der Waals surface area contributed by atoms with Gasteiger partial charge >= 0.3 is 0 Å². The van der Waals surface area contributed by atoms with Crippen molar-refractivity contribution in [3.05, 3.63) is 28.6 Å². The smallest absolute Gasteiger partial charge is 0.253 e. The van der Waals surface area contributed by atoms with E-state index in [2.05, 4.69) is 9.97 Å². The highest BCUT2D eigenvalue weighted by molar-refractivity contribution is 7.99. The third kappa shape index (κ3) is 3.33. The van der Waals surface area contributed by atoms with Crippen molar-refractivity contribution in [2.24, 2.45) is 0 Å². The first kappa shape index (κ1) is 9.85. The molecule has 1 heterocycles. The second kappa shape index (κ2) is 4.71. The number of nitrogens with zero attached hydrogens (tertiary/aromatic N) is 1. The van der Waals surface area contributed by atoms with Crippen molar-refractivity contribution < 1.29 is 0 Å². The fourth-order valence-electron chi connectivity index (χ4n) is 0.745. The molecule has 0 aliphatic carbocycles. The van der Waals surface area contributed by atoms with Crippen LogP contribution in [-0.4, -0.2) is 15.7 Å². The minimum atomic E-state index is -0.213. The molecule has 0 amide bonds. The molecule has 4 nitrogen and oxygen atoms in total. The summed E-state index contributed by atoms with van der Waals surface area (Å²) in [7, 11) is 0. The number of H-pyrrole nitrogens is 1. The maximum absolute atomic E-state index is 10.9. The van der Waals surface area contributed by atoms with Crippen LogP contribution < -0.4 is 11.3 Å². The van der Waals surface area contributed by atoms with Crippen LogP contribution in [0.2, 0.25) is 0 Å². The summed E-state index contributed by atoms with van der Waals surface area (Å²) in [6, 6.07) is 1.26. The van der Waals surface area contributed by atoms with Gasteiger partial charge in [0.2, 0.25) is 0 Å². The summed E-state index contributed by atoms with van der Waals surface area (Å²) in [6.07, 6.45) is 3.92. The van der Waals surface area contributed by atoms with Gasteiger partial charge < -0.3 is 10.7 Å². The van der Waals surface area contributed by atoms with Crippen molar-refractivity contribution in [2.45, 2.75) is 12.1 Å². The summed E-state index contributed by atoms with van der Waals surface area (Å²) in [5.41, 5.74) is 5.19. The molecule has 0 atom stereocenters. The number of rotatable bonds is 3. The third-order valence-corrected chi connectivity index (χ3v) is 2.12. The maximum Gasteiger partial charge on any atom is 0.253 e. The van der Waals surface area contributed by atoms with Gasteiger partial charge in [-0.3, -0.25) is 4.79 Å². The monoisotopic (exact) mass is 197 g/mol. The Hall–Kier alpha value is -1.23. The van der Waals surface area contributed by atoms with E-state index in [1.807, 2.05) is 19.1 Å². The second-order valence-electron chi connectivity index (χ2n) is 2.36. The van der Waals surface area contributed by atoms with E-state index in [0.717, 1.165) is 5.75 Å². The predicted octanol–water partition coefficient (Wildman–Crippen LogP) is 1.02. The first-order valence-corrected chi connectivity index (χ1v) is 4.81. The lowest BCUT2D eigenvalue weighted by molar-refractivity contribution is 0.947. The minimum absolute atomic E-state index is 0.213. The summed E-state index contributed by atoms with van der Waals surface area (Å²) in [5, 5.41) is 0.558. The number of aromatic nitrogens is 2. The third-order valence-electron chi connectivity index (χ3n) is 1.29. The van der Waals surface area contributed by atoms with E-state index in [0.29, 0.717) is 5.16 Å². The first-order valence-electron chi connectivity index (χ1n) is 3.83. The number of allylic oxidation sites excluding steroid dienone is 1. The molecule has 0 unspecified atom stereocenters. The van der Waals surface area contributed by atoms with Gasteiger partial charge in [0.25, 0.3) is 5.56 Å². The number of aromatic amines is 1. The van der Waals surface area contributed by atoms with Gasteiger partial charge in [-0.25, -0.2) is 4.98 Å². The number of hydrogen-bond donors (Lipinski definition) is 2. The van der Waals surface area contributed by atoms with Crippen molar-refractivity contribution in [2.75, 3.05) is 11.5 Å². The molecule has 1 rings (SSSR count). The number of anilines is 1. The van der Waals surface area contributed by atoms with Crippen LogP contribution in [0.15, 0.2) is 28.2 Å². The minimum Gasteiger partial charge on any atom is -0.383 e. The molecule has 13 heavy (non-hydrogen) atoms. The van der Waals surface area contributed by atoms with E-state index in [-0.39, 0.29) is 11.4 Å². The van der Waals surface area contributed by atoms with E-state index in [4.69, 9.17) is 5.73 Å². The van der Waals surface area contributed by atoms with Crippen molar-refractivity contribution in [1.82, 2.24) is 9.97 Å². The highest BCUT2D eigenvalue weighted by Crippen LogP contribution is 2.11. The summed E-state index contributed by atoms with van der Waals surface area (Å²) in [6.45, 7) is 1.94. The van der Waals surface area contributed by atoms with E-state index in [1.165, 1.54) is 17.8 Å². The van der Waals surface area contributed by atoms with Crippen LogP contribution in [-0.2, 0) is 0 Å². The Morgan fingerprint density at radius 2 is 2.54 bits per heavy atom. The van der Waals surface area contributed by atoms with E-state index in [1.54, 1.807) is 0 Å². The molecule has 0 spiro atoms. The zero-order valence-electron chi connectivity index (χ0n) is 7.28. The van der Waals surface area contributed by atoms with Crippen molar-refractivity contribution in [1.29, 1.82) is 0 Å². The van der Waals surface area contributed by atoms with Gasteiger partial charge in [0, 0.05) is 11.8 Å². The van der Waals surface area contributed by atoms with E-state index in [9.17, 15) is 4.79 Å². The number of nitrogens with one attached hydrogen (secondary N) is 1. The Morgan fingerprint density at radius 3 is 3.15 bits per heavy atom. The van der Waals surface area contributed by atoms with Gasteiger partial charge in [0.15, 0.2) is 5.16 Å². The topological polar surface area (TPSA) is 71.8 Å². The quantitative estimate of drug-likeness (QED) is 0.431. The Balaban J connectivity index is 2.72. The van der Waals surface area contributed by atoms with Crippen LogP contribution in [0.4, 0.5) is 5.82 Å². The first-order chi connectivity index (χ1) is 6.22. The van der Waals surface area contributed by atoms with E-state index < -0.39 is 0 Å². The van der Waals surface area contributed by atoms with Gasteiger partial charge in [-0.05, 0) is 6.92 Å². The normalized spacial score (nSPS) is 10.8. The van der Waals surface area contributed by atoms with Gasteiger partial charge in [-0.1, -0.05) is 23.9 Å². The molecule has 0 bridgehead atoms. The molecule has 0 aliphatic rings. The lowest BCUT2D eigenvalue weighted by Crippen LogP contribution is -2.09. The molecule has 0 aromatic carbocycles. The molecule has 0 radical (unpaired) electrons. The summed E-state index contributed by atoms with van der Waals surface area (Å²) in [4.78, 5) is 17.5. The Labute approximate surface area is 80.3 Å². The molecule has 0 saturated heterocycles. The molecule has 70 valence electrons. The zero-order valence-corrected chi connectivity index (χ0v) is 8.10. The molecule has 1 aromatic rings. The summed E-state index contributed by atoms with van der Waals surface area (Å²) < 4.78 is 0. The second-order valence-corrected chi connectivity index (χ2v) is 3.36. The standard InChI is InChI=1S/C8H11N3OS/c1-2-3-4-13-8-10-6(9)5-7(12)11-8/h2-3,5H,4H2,1H3,(H3,9,10,11,12)/b3-2+. The van der Waals surface area contributed by atoms with Crippen molar-refractivity contribution in [3.8, 4) is 0 Å². The van der Waals surface area contributed by atoms with Gasteiger partial charge in [0.1, 0.15) is 5.82 Å². The summed E-state index contributed by atoms with van der Waals surface area (Å²) >= 11 is 1.44. The van der Waals surface area contributed by atoms with Gasteiger partial charge in [-0.15, -0.1) is 0 Å². The molecule has 1 aromatic heterocycles. The Morgan fingerprint density at radius 1 is 1.77 bits per heavy atom. The van der Waals surface area contributed by atoms with Crippen LogP contribution in [0.3, 0.4) is 0 Å². The van der Waals surface area contributed by atoms with Crippen LogP contribution in [0.1, 0.15) is 6.92 Å². The maximum atomic E-state index is 10.9. The highest BCUT2D eigenvalue weighted by atomic mass is 32.2.